The minimum atomic E-state index is -3.39. The molecule has 2 aliphatic rings. The predicted octanol–water partition coefficient (Wildman–Crippen LogP) is 1.52. The Labute approximate surface area is 170 Å². The van der Waals surface area contributed by atoms with E-state index in [-0.39, 0.29) is 48.1 Å². The van der Waals surface area contributed by atoms with Gasteiger partial charge in [-0.15, -0.1) is 24.0 Å². The molecule has 146 valence electrons. The number of ether oxygens (including phenoxy) is 1. The van der Waals surface area contributed by atoms with Crippen LogP contribution < -0.4 is 10.0 Å². The Morgan fingerprint density at radius 1 is 1.42 bits per heavy atom. The van der Waals surface area contributed by atoms with Crippen LogP contribution in [0.15, 0.2) is 23.2 Å². The summed E-state index contributed by atoms with van der Waals surface area (Å²) in [6, 6.07) is 4.50. The van der Waals surface area contributed by atoms with E-state index in [0.717, 1.165) is 4.31 Å². The number of sulfonamides is 1. The van der Waals surface area contributed by atoms with Crippen LogP contribution in [-0.2, 0) is 21.3 Å². The van der Waals surface area contributed by atoms with Crippen molar-refractivity contribution >= 4 is 45.6 Å². The molecule has 1 aromatic carbocycles. The summed E-state index contributed by atoms with van der Waals surface area (Å²) in [5.74, 6) is -0.0917. The lowest BCUT2D eigenvalue weighted by atomic mass is 10.2. The number of hydrogen-bond donors (Lipinski definition) is 1. The lowest BCUT2D eigenvalue weighted by Crippen LogP contribution is -2.47. The molecule has 2 heterocycles. The van der Waals surface area contributed by atoms with Crippen molar-refractivity contribution in [3.63, 3.8) is 0 Å². The van der Waals surface area contributed by atoms with E-state index in [4.69, 9.17) is 10.5 Å². The zero-order chi connectivity index (χ0) is 18.0. The van der Waals surface area contributed by atoms with Crippen molar-refractivity contribution in [3.8, 4) is 0 Å². The standard InChI is InChI=1S/C16H23FN4O3S.HI/c1-12-11-20(6-7-24-12)16(18)19-10-13-3-4-15(14(17)9-13)21-5-2-8-25(21,22)23;/h3-4,9,12H,2,5-8,10-11H2,1H3,(H2,18,19);1H. The van der Waals surface area contributed by atoms with Gasteiger partial charge in [-0.2, -0.15) is 0 Å². The second-order valence-electron chi connectivity index (χ2n) is 6.33. The third-order valence-electron chi connectivity index (χ3n) is 4.37. The van der Waals surface area contributed by atoms with E-state index in [1.54, 1.807) is 6.07 Å². The zero-order valence-electron chi connectivity index (χ0n) is 14.6. The summed E-state index contributed by atoms with van der Waals surface area (Å²) in [5, 5.41) is 0. The molecule has 0 saturated carbocycles. The van der Waals surface area contributed by atoms with Crippen LogP contribution in [0.4, 0.5) is 10.1 Å². The number of halogens is 2. The molecule has 3 rings (SSSR count). The average molecular weight is 498 g/mol. The SMILES string of the molecule is CC1CN(C(N)=NCc2ccc(N3CCCS3(=O)=O)c(F)c2)CCO1.I. The Kier molecular flexibility index (Phi) is 7.08. The molecular weight excluding hydrogens is 474 g/mol. The molecule has 2 aliphatic heterocycles. The number of hydrogen-bond acceptors (Lipinski definition) is 4. The molecule has 2 fully saturated rings. The number of anilines is 1. The number of guanidine groups is 1. The Hall–Kier alpha value is -1.14. The molecule has 0 aliphatic carbocycles. The molecule has 0 aromatic heterocycles. The van der Waals surface area contributed by atoms with Crippen molar-refractivity contribution in [3.05, 3.63) is 29.6 Å². The monoisotopic (exact) mass is 498 g/mol. The van der Waals surface area contributed by atoms with Crippen molar-refractivity contribution < 1.29 is 17.5 Å². The van der Waals surface area contributed by atoms with E-state index < -0.39 is 15.8 Å². The normalized spacial score (nSPS) is 23.0. The first kappa shape index (κ1) is 21.2. The number of nitrogens with zero attached hydrogens (tertiary/aromatic N) is 3. The number of aliphatic imine (C=N–C) groups is 1. The van der Waals surface area contributed by atoms with Crippen LogP contribution in [0.3, 0.4) is 0 Å². The topological polar surface area (TPSA) is 88.2 Å². The fraction of sp³-hybridized carbons (Fsp3) is 0.562. The second-order valence-corrected chi connectivity index (χ2v) is 8.34. The van der Waals surface area contributed by atoms with E-state index in [2.05, 4.69) is 4.99 Å². The Morgan fingerprint density at radius 2 is 2.19 bits per heavy atom. The van der Waals surface area contributed by atoms with E-state index in [0.29, 0.717) is 44.2 Å². The van der Waals surface area contributed by atoms with Crippen molar-refractivity contribution in [2.75, 3.05) is 36.3 Å². The van der Waals surface area contributed by atoms with Crippen LogP contribution in [0.25, 0.3) is 0 Å². The molecule has 1 atom stereocenters. The largest absolute Gasteiger partial charge is 0.375 e. The summed E-state index contributed by atoms with van der Waals surface area (Å²) in [5.41, 5.74) is 6.74. The van der Waals surface area contributed by atoms with Gasteiger partial charge in [-0.1, -0.05) is 6.07 Å². The highest BCUT2D eigenvalue weighted by Gasteiger charge is 2.30. The number of nitrogens with two attached hydrogens (primary N) is 1. The maximum absolute atomic E-state index is 14.4. The van der Waals surface area contributed by atoms with Crippen LogP contribution in [0.1, 0.15) is 18.9 Å². The van der Waals surface area contributed by atoms with E-state index in [9.17, 15) is 12.8 Å². The predicted molar refractivity (Wildman–Crippen MR) is 110 cm³/mol. The Balaban J connectivity index is 0.00000243. The molecule has 2 N–H and O–H groups in total. The molecule has 1 aromatic rings. The fourth-order valence-corrected chi connectivity index (χ4v) is 4.63. The van der Waals surface area contributed by atoms with Gasteiger partial charge in [-0.3, -0.25) is 4.31 Å². The van der Waals surface area contributed by atoms with E-state index in [1.807, 2.05) is 11.8 Å². The van der Waals surface area contributed by atoms with Gasteiger partial charge in [0.2, 0.25) is 10.0 Å². The molecule has 0 bridgehead atoms. The number of morpholine rings is 1. The van der Waals surface area contributed by atoms with Gasteiger partial charge in [0.1, 0.15) is 5.82 Å². The average Bonchev–Trinajstić information content (AvgIpc) is 2.92. The summed E-state index contributed by atoms with van der Waals surface area (Å²) in [6.07, 6.45) is 0.615. The first-order valence-corrected chi connectivity index (χ1v) is 9.93. The minimum Gasteiger partial charge on any atom is -0.375 e. The quantitative estimate of drug-likeness (QED) is 0.388. The molecule has 0 radical (unpaired) electrons. The first-order valence-electron chi connectivity index (χ1n) is 8.32. The highest BCUT2D eigenvalue weighted by molar-refractivity contribution is 14.0. The van der Waals surface area contributed by atoms with Crippen molar-refractivity contribution in [2.45, 2.75) is 26.0 Å². The Bertz CT molecular complexity index is 775. The van der Waals surface area contributed by atoms with Crippen molar-refractivity contribution in [1.82, 2.24) is 4.90 Å². The summed E-state index contributed by atoms with van der Waals surface area (Å²) in [7, 11) is -3.39. The van der Waals surface area contributed by atoms with Crippen LogP contribution in [0.5, 0.6) is 0 Å². The van der Waals surface area contributed by atoms with Gasteiger partial charge in [-0.25, -0.2) is 17.8 Å². The zero-order valence-corrected chi connectivity index (χ0v) is 17.7. The highest BCUT2D eigenvalue weighted by Crippen LogP contribution is 2.27. The summed E-state index contributed by atoms with van der Waals surface area (Å²) >= 11 is 0. The van der Waals surface area contributed by atoms with Gasteiger partial charge in [0.05, 0.1) is 30.7 Å². The maximum Gasteiger partial charge on any atom is 0.235 e. The first-order chi connectivity index (χ1) is 11.9. The van der Waals surface area contributed by atoms with Crippen LogP contribution >= 0.6 is 24.0 Å². The van der Waals surface area contributed by atoms with Gasteiger partial charge in [0.15, 0.2) is 5.96 Å². The molecule has 10 heteroatoms. The van der Waals surface area contributed by atoms with Crippen molar-refractivity contribution in [1.29, 1.82) is 0 Å². The lowest BCUT2D eigenvalue weighted by Gasteiger charge is -2.31. The smallest absolute Gasteiger partial charge is 0.235 e. The van der Waals surface area contributed by atoms with E-state index in [1.165, 1.54) is 12.1 Å². The Morgan fingerprint density at radius 3 is 2.81 bits per heavy atom. The van der Waals surface area contributed by atoms with Gasteiger partial charge >= 0.3 is 0 Å². The molecule has 1 unspecified atom stereocenters. The molecule has 26 heavy (non-hydrogen) atoms. The van der Waals surface area contributed by atoms with Crippen LogP contribution in [0.2, 0.25) is 0 Å². The van der Waals surface area contributed by atoms with Gasteiger partial charge in [-0.05, 0) is 31.0 Å². The summed E-state index contributed by atoms with van der Waals surface area (Å²) in [6.45, 7) is 4.49. The second kappa shape index (κ2) is 8.70. The fourth-order valence-electron chi connectivity index (χ4n) is 3.06. The molecule has 0 spiro atoms. The summed E-state index contributed by atoms with van der Waals surface area (Å²) < 4.78 is 44.8. The van der Waals surface area contributed by atoms with Crippen LogP contribution in [-0.4, -0.2) is 57.4 Å². The lowest BCUT2D eigenvalue weighted by molar-refractivity contribution is 0.00529. The maximum atomic E-state index is 14.4. The van der Waals surface area contributed by atoms with Crippen molar-refractivity contribution in [2.24, 2.45) is 10.7 Å². The molecular formula is C16H24FIN4O3S. The highest BCUT2D eigenvalue weighted by atomic mass is 127. The third-order valence-corrected chi connectivity index (χ3v) is 6.22. The number of rotatable bonds is 3. The molecule has 2 saturated heterocycles. The summed E-state index contributed by atoms with van der Waals surface area (Å²) in [4.78, 5) is 6.26. The minimum absolute atomic E-state index is 0. The van der Waals surface area contributed by atoms with Gasteiger partial charge < -0.3 is 15.4 Å². The molecule has 0 amide bonds. The third kappa shape index (κ3) is 4.77. The van der Waals surface area contributed by atoms with Gasteiger partial charge in [0.25, 0.3) is 0 Å². The van der Waals surface area contributed by atoms with Crippen LogP contribution in [0, 0.1) is 5.82 Å². The van der Waals surface area contributed by atoms with E-state index >= 15 is 0 Å². The van der Waals surface area contributed by atoms with Gasteiger partial charge in [0, 0.05) is 19.6 Å². The molecule has 7 nitrogen and oxygen atoms in total. The number of benzene rings is 1.